The van der Waals surface area contributed by atoms with Crippen LogP contribution in [-0.2, 0) is 0 Å². The first-order valence-electron chi connectivity index (χ1n) is 11.3. The van der Waals surface area contributed by atoms with Crippen LogP contribution in [0.5, 0.6) is 0 Å². The molecule has 6 aromatic heterocycles. The van der Waals surface area contributed by atoms with E-state index < -0.39 is 0 Å². The van der Waals surface area contributed by atoms with Crippen LogP contribution in [-0.4, -0.2) is 28.2 Å². The van der Waals surface area contributed by atoms with Crippen LogP contribution in [0.15, 0.2) is 42.2 Å². The minimum Gasteiger partial charge on any atom is -0.370 e. The summed E-state index contributed by atoms with van der Waals surface area (Å²) in [5, 5.41) is 5.21. The molecule has 0 aliphatic carbocycles. The van der Waals surface area contributed by atoms with Crippen LogP contribution in [0.3, 0.4) is 0 Å². The molecule has 7 aromatic rings. The van der Waals surface area contributed by atoms with Crippen molar-refractivity contribution in [2.75, 3.05) is 38.0 Å². The highest BCUT2D eigenvalue weighted by molar-refractivity contribution is 9.11. The molecule has 2 nitrogen and oxygen atoms in total. The van der Waals surface area contributed by atoms with E-state index in [-0.39, 0.29) is 0 Å². The van der Waals surface area contributed by atoms with Crippen molar-refractivity contribution in [3.8, 4) is 19.5 Å². The van der Waals surface area contributed by atoms with E-state index in [1.54, 1.807) is 0 Å². The second-order valence-corrected chi connectivity index (χ2v) is 18.7. The Morgan fingerprint density at radius 3 is 1.21 bits per heavy atom. The van der Waals surface area contributed by atoms with Gasteiger partial charge < -0.3 is 9.80 Å². The number of rotatable bonds is 4. The Balaban J connectivity index is 1.39. The molecule has 0 N–H and O–H groups in total. The molecule has 7 rings (SSSR count). The Morgan fingerprint density at radius 2 is 0.868 bits per heavy atom. The summed E-state index contributed by atoms with van der Waals surface area (Å²) in [5.41, 5.74) is 0. The maximum atomic E-state index is 3.98. The molecule has 6 heterocycles. The number of nitrogens with zero attached hydrogens (tertiary/aromatic N) is 2. The molecule has 0 spiro atoms. The van der Waals surface area contributed by atoms with E-state index >= 15 is 0 Å². The molecule has 1 aromatic carbocycles. The summed E-state index contributed by atoms with van der Waals surface area (Å²) in [6, 6.07) is 9.25. The lowest BCUT2D eigenvalue weighted by Crippen LogP contribution is -2.05. The largest absolute Gasteiger partial charge is 0.370 e. The quantitative estimate of drug-likeness (QED) is 0.174. The van der Waals surface area contributed by atoms with E-state index in [2.05, 4.69) is 126 Å². The van der Waals surface area contributed by atoms with Crippen LogP contribution in [0.4, 0.5) is 10.0 Å². The Kier molecular flexibility index (Phi) is 6.91. The zero-order chi connectivity index (χ0) is 26.6. The van der Waals surface area contributed by atoms with Gasteiger partial charge in [0.15, 0.2) is 0 Å². The third kappa shape index (κ3) is 4.07. The van der Waals surface area contributed by atoms with Crippen molar-refractivity contribution in [1.29, 1.82) is 0 Å². The molecular formula is C26H16Br4N2S6. The minimum absolute atomic E-state index is 1.15. The predicted molar refractivity (Wildman–Crippen MR) is 194 cm³/mol. The lowest BCUT2D eigenvalue weighted by atomic mass is 10.2. The SMILES string of the molecule is CN(C)c1cc(Br)c(-c2sc3c(sc4cc5c(cc43)sc3c(Br)c(-c4sc(N(C)C)cc4Br)sc35)c2Br)s1. The van der Waals surface area contributed by atoms with Gasteiger partial charge >= 0.3 is 0 Å². The summed E-state index contributed by atoms with van der Waals surface area (Å²) in [5.74, 6) is 0. The van der Waals surface area contributed by atoms with Gasteiger partial charge in [-0.05, 0) is 88.0 Å². The molecule has 0 saturated heterocycles. The summed E-state index contributed by atoms with van der Waals surface area (Å²) < 4.78 is 12.8. The van der Waals surface area contributed by atoms with E-state index in [4.69, 9.17) is 0 Å². The van der Waals surface area contributed by atoms with Gasteiger partial charge in [-0.1, -0.05) is 0 Å². The van der Waals surface area contributed by atoms with Crippen molar-refractivity contribution < 1.29 is 0 Å². The van der Waals surface area contributed by atoms with Gasteiger partial charge in [0, 0.05) is 57.3 Å². The Morgan fingerprint density at radius 1 is 0.474 bits per heavy atom. The second-order valence-electron chi connectivity index (χ2n) is 9.17. The molecule has 38 heavy (non-hydrogen) atoms. The van der Waals surface area contributed by atoms with E-state index in [9.17, 15) is 0 Å². The summed E-state index contributed by atoms with van der Waals surface area (Å²) in [7, 11) is 8.37. The zero-order valence-corrected chi connectivity index (χ0v) is 31.4. The zero-order valence-electron chi connectivity index (χ0n) is 20.2. The van der Waals surface area contributed by atoms with Gasteiger partial charge in [0.05, 0.1) is 57.3 Å². The van der Waals surface area contributed by atoms with Crippen molar-refractivity contribution >= 4 is 181 Å². The summed E-state index contributed by atoms with van der Waals surface area (Å²) in [4.78, 5) is 9.51. The molecule has 0 bridgehead atoms. The predicted octanol–water partition coefficient (Wildman–Crippen LogP) is 13.2. The fourth-order valence-electron chi connectivity index (χ4n) is 4.39. The van der Waals surface area contributed by atoms with Crippen molar-refractivity contribution in [3.63, 3.8) is 0 Å². The normalized spacial score (nSPS) is 12.2. The first-order valence-corrected chi connectivity index (χ1v) is 19.3. The topological polar surface area (TPSA) is 6.48 Å². The Hall–Kier alpha value is -0.0200. The molecular weight excluding hydrogens is 852 g/mol. The molecule has 0 radical (unpaired) electrons. The van der Waals surface area contributed by atoms with Gasteiger partial charge in [0.25, 0.3) is 0 Å². The van der Waals surface area contributed by atoms with Crippen LogP contribution in [0.25, 0.3) is 58.5 Å². The van der Waals surface area contributed by atoms with Crippen LogP contribution < -0.4 is 9.80 Å². The molecule has 0 aliphatic heterocycles. The molecule has 12 heteroatoms. The number of halogens is 4. The first-order chi connectivity index (χ1) is 18.1. The van der Waals surface area contributed by atoms with Crippen molar-refractivity contribution in [2.45, 2.75) is 0 Å². The molecule has 0 amide bonds. The van der Waals surface area contributed by atoms with Gasteiger partial charge in [0.1, 0.15) is 0 Å². The summed E-state index contributed by atoms with van der Waals surface area (Å²) in [6.07, 6.45) is 0. The third-order valence-corrected chi connectivity index (χ3v) is 18.6. The van der Waals surface area contributed by atoms with Crippen molar-refractivity contribution in [2.24, 2.45) is 0 Å². The van der Waals surface area contributed by atoms with Crippen LogP contribution in [0.1, 0.15) is 0 Å². The molecule has 0 atom stereocenters. The lowest BCUT2D eigenvalue weighted by molar-refractivity contribution is 1.16. The third-order valence-electron chi connectivity index (χ3n) is 6.25. The number of fused-ring (bicyclic) bond motifs is 6. The fraction of sp³-hybridized carbons (Fsp3) is 0.154. The van der Waals surface area contributed by atoms with E-state index in [0.717, 1.165) is 8.95 Å². The number of anilines is 2. The highest BCUT2D eigenvalue weighted by Crippen LogP contribution is 2.56. The Bertz CT molecular complexity index is 1900. The van der Waals surface area contributed by atoms with Crippen LogP contribution in [0, 0.1) is 0 Å². The maximum Gasteiger partial charge on any atom is 0.0921 e. The number of hydrogen-bond donors (Lipinski definition) is 0. The Labute approximate surface area is 277 Å². The number of thiophene rings is 6. The van der Waals surface area contributed by atoms with Crippen molar-refractivity contribution in [1.82, 2.24) is 0 Å². The molecule has 0 saturated carbocycles. The molecule has 0 aliphatic rings. The first kappa shape index (κ1) is 26.9. The molecule has 0 fully saturated rings. The highest BCUT2D eigenvalue weighted by atomic mass is 79.9. The van der Waals surface area contributed by atoms with Gasteiger partial charge in [-0.15, -0.1) is 68.0 Å². The van der Waals surface area contributed by atoms with Gasteiger partial charge in [-0.2, -0.15) is 0 Å². The highest BCUT2D eigenvalue weighted by Gasteiger charge is 2.24. The summed E-state index contributed by atoms with van der Waals surface area (Å²) >= 11 is 26.8. The minimum atomic E-state index is 1.15. The monoisotopic (exact) mass is 864 g/mol. The fourth-order valence-corrected chi connectivity index (χ4v) is 15.9. The standard InChI is InChI=1S/C26H16Br4N2S6/c1-31(2)15-7-11(27)21(35-15)25-17(29)23-19(37-25)9-5-14-10(6-13(9)33-23)20-24(34-14)18(30)26(38-20)22-12(28)8-16(36-22)32(3)4/h5-8H,1-4H3. The van der Waals surface area contributed by atoms with Crippen molar-refractivity contribution in [3.05, 3.63) is 42.2 Å². The van der Waals surface area contributed by atoms with Crippen LogP contribution >= 0.6 is 132 Å². The maximum absolute atomic E-state index is 3.98. The lowest BCUT2D eigenvalue weighted by Gasteiger charge is -2.06. The molecule has 0 unspecified atom stereocenters. The van der Waals surface area contributed by atoms with Gasteiger partial charge in [-0.25, -0.2) is 0 Å². The van der Waals surface area contributed by atoms with Gasteiger partial charge in [-0.3, -0.25) is 0 Å². The summed E-state index contributed by atoms with van der Waals surface area (Å²) in [6.45, 7) is 0. The molecule has 194 valence electrons. The van der Waals surface area contributed by atoms with E-state index in [0.29, 0.717) is 0 Å². The average molecular weight is 868 g/mol. The number of hydrogen-bond acceptors (Lipinski definition) is 8. The smallest absolute Gasteiger partial charge is 0.0921 e. The number of benzene rings is 1. The average Bonchev–Trinajstić information content (AvgIpc) is 3.68. The second kappa shape index (κ2) is 9.78. The van der Waals surface area contributed by atoms with E-state index in [1.165, 1.54) is 77.4 Å². The van der Waals surface area contributed by atoms with Crippen LogP contribution in [0.2, 0.25) is 0 Å². The van der Waals surface area contributed by atoms with Gasteiger partial charge in [0.2, 0.25) is 0 Å². The van der Waals surface area contributed by atoms with E-state index in [1.807, 2.05) is 68.0 Å².